The summed E-state index contributed by atoms with van der Waals surface area (Å²) in [7, 11) is 0. The van der Waals surface area contributed by atoms with E-state index in [1.807, 2.05) is 59.1 Å². The van der Waals surface area contributed by atoms with Crippen LogP contribution in [0.4, 0.5) is 0 Å². The molecule has 0 saturated carbocycles. The molecule has 1 atom stereocenters. The summed E-state index contributed by atoms with van der Waals surface area (Å²) in [5, 5.41) is 13.9. The Labute approximate surface area is 173 Å². The number of fused-ring (bicyclic) bond motifs is 2. The first-order valence-corrected chi connectivity index (χ1v) is 10.9. The van der Waals surface area contributed by atoms with Crippen molar-refractivity contribution in [1.82, 2.24) is 19.9 Å². The molecule has 0 aliphatic heterocycles. The van der Waals surface area contributed by atoms with Crippen molar-refractivity contribution in [3.8, 4) is 0 Å². The van der Waals surface area contributed by atoms with E-state index in [1.54, 1.807) is 17.8 Å². The van der Waals surface area contributed by atoms with E-state index < -0.39 is 0 Å². The van der Waals surface area contributed by atoms with E-state index in [0.717, 1.165) is 40.0 Å². The summed E-state index contributed by atoms with van der Waals surface area (Å²) in [6.07, 6.45) is 8.23. The summed E-state index contributed by atoms with van der Waals surface area (Å²) in [6.45, 7) is 0. The van der Waals surface area contributed by atoms with Crippen molar-refractivity contribution in [2.24, 2.45) is 0 Å². The van der Waals surface area contributed by atoms with Crippen LogP contribution in [0, 0.1) is 0 Å². The van der Waals surface area contributed by atoms with Gasteiger partial charge < -0.3 is 5.32 Å². The molecular weight excluding hydrogens is 380 g/mol. The summed E-state index contributed by atoms with van der Waals surface area (Å²) in [4.78, 5) is 12.7. The molecule has 4 aromatic rings. The minimum atomic E-state index is -0.204. The number of aromatic nitrogens is 3. The third-order valence-corrected chi connectivity index (χ3v) is 5.46. The second-order valence-electron chi connectivity index (χ2n) is 6.73. The highest BCUT2D eigenvalue weighted by Gasteiger charge is 2.19. The molecule has 1 unspecified atom stereocenters. The van der Waals surface area contributed by atoms with Gasteiger partial charge in [-0.3, -0.25) is 9.20 Å². The number of nitrogens with one attached hydrogen (secondary N) is 1. The van der Waals surface area contributed by atoms with Crippen LogP contribution in [0.2, 0.25) is 0 Å². The fourth-order valence-corrected chi connectivity index (χ4v) is 3.85. The molecule has 1 amide bonds. The minimum Gasteiger partial charge on any atom is -0.342 e. The Bertz CT molecular complexity index is 1160. The zero-order valence-corrected chi connectivity index (χ0v) is 17.0. The number of carbonyl (C=O) groups is 1. The largest absolute Gasteiger partial charge is 0.342 e. The van der Waals surface area contributed by atoms with Gasteiger partial charge in [0.2, 0.25) is 5.91 Å². The fourth-order valence-electron chi connectivity index (χ4n) is 3.38. The molecular formula is C23H22N4OS. The lowest BCUT2D eigenvalue weighted by Gasteiger charge is -2.16. The van der Waals surface area contributed by atoms with Crippen LogP contribution in [0.15, 0.2) is 72.9 Å². The molecule has 6 heteroatoms. The molecule has 0 fully saturated rings. The van der Waals surface area contributed by atoms with E-state index in [-0.39, 0.29) is 11.9 Å². The lowest BCUT2D eigenvalue weighted by atomic mass is 10.0. The van der Waals surface area contributed by atoms with Crippen LogP contribution in [0.3, 0.4) is 0 Å². The van der Waals surface area contributed by atoms with Gasteiger partial charge in [0, 0.05) is 12.3 Å². The number of pyridine rings is 1. The van der Waals surface area contributed by atoms with E-state index in [4.69, 9.17) is 0 Å². The molecule has 2 heterocycles. The van der Waals surface area contributed by atoms with Gasteiger partial charge in [-0.05, 0) is 53.0 Å². The Morgan fingerprint density at radius 2 is 1.93 bits per heavy atom. The number of benzene rings is 2. The Morgan fingerprint density at radius 3 is 2.83 bits per heavy atom. The number of amides is 1. The van der Waals surface area contributed by atoms with Crippen molar-refractivity contribution >= 4 is 40.2 Å². The standard InChI is InChI=1S/C23H22N4OS/c1-29-16-14-20(23-26-25-21-11-4-5-15-27(21)23)24-22(28)13-12-18-9-6-8-17-7-2-3-10-19(17)18/h2-13,15,20H,14,16H2,1H3,(H,24,28)/b13-12+. The smallest absolute Gasteiger partial charge is 0.244 e. The summed E-state index contributed by atoms with van der Waals surface area (Å²) < 4.78 is 1.93. The second-order valence-corrected chi connectivity index (χ2v) is 7.72. The van der Waals surface area contributed by atoms with E-state index in [2.05, 4.69) is 40.0 Å². The number of nitrogens with zero attached hydrogens (tertiary/aromatic N) is 3. The van der Waals surface area contributed by atoms with Gasteiger partial charge in [0.25, 0.3) is 0 Å². The van der Waals surface area contributed by atoms with E-state index >= 15 is 0 Å². The molecule has 2 aromatic carbocycles. The first kappa shape index (κ1) is 19.2. The molecule has 4 rings (SSSR count). The normalized spacial score (nSPS) is 12.6. The lowest BCUT2D eigenvalue weighted by Crippen LogP contribution is -2.29. The first-order valence-electron chi connectivity index (χ1n) is 9.51. The fraction of sp³-hybridized carbons (Fsp3) is 0.174. The SMILES string of the molecule is CSCCC(NC(=O)/C=C/c1cccc2ccccc12)c1nnc2ccccn12. The van der Waals surface area contributed by atoms with Crippen LogP contribution < -0.4 is 5.32 Å². The average Bonchev–Trinajstić information content (AvgIpc) is 3.19. The molecule has 0 spiro atoms. The third-order valence-electron chi connectivity index (χ3n) is 4.82. The Morgan fingerprint density at radius 1 is 1.10 bits per heavy atom. The molecule has 0 saturated heterocycles. The van der Waals surface area contributed by atoms with Gasteiger partial charge in [-0.15, -0.1) is 10.2 Å². The molecule has 1 N–H and O–H groups in total. The molecule has 0 radical (unpaired) electrons. The van der Waals surface area contributed by atoms with Crippen LogP contribution in [0.1, 0.15) is 23.9 Å². The van der Waals surface area contributed by atoms with E-state index in [1.165, 1.54) is 0 Å². The van der Waals surface area contributed by atoms with Crippen molar-refractivity contribution in [2.75, 3.05) is 12.0 Å². The lowest BCUT2D eigenvalue weighted by molar-refractivity contribution is -0.117. The van der Waals surface area contributed by atoms with Crippen molar-refractivity contribution in [3.63, 3.8) is 0 Å². The zero-order valence-electron chi connectivity index (χ0n) is 16.2. The number of carbonyl (C=O) groups excluding carboxylic acids is 1. The summed E-state index contributed by atoms with van der Waals surface area (Å²) >= 11 is 1.74. The van der Waals surface area contributed by atoms with Gasteiger partial charge in [-0.25, -0.2) is 0 Å². The van der Waals surface area contributed by atoms with Crippen LogP contribution >= 0.6 is 11.8 Å². The third kappa shape index (κ3) is 4.32. The van der Waals surface area contributed by atoms with Gasteiger partial charge >= 0.3 is 0 Å². The highest BCUT2D eigenvalue weighted by Crippen LogP contribution is 2.21. The first-order chi connectivity index (χ1) is 14.3. The second kappa shape index (κ2) is 8.92. The quantitative estimate of drug-likeness (QED) is 0.462. The van der Waals surface area contributed by atoms with Crippen molar-refractivity contribution in [3.05, 3.63) is 84.3 Å². The van der Waals surface area contributed by atoms with Crippen molar-refractivity contribution in [1.29, 1.82) is 0 Å². The van der Waals surface area contributed by atoms with Crippen LogP contribution in [-0.2, 0) is 4.79 Å². The maximum Gasteiger partial charge on any atom is 0.244 e. The maximum absolute atomic E-state index is 12.7. The van der Waals surface area contributed by atoms with Gasteiger partial charge in [-0.2, -0.15) is 11.8 Å². The van der Waals surface area contributed by atoms with E-state index in [9.17, 15) is 4.79 Å². The summed E-state index contributed by atoms with van der Waals surface area (Å²) in [5.41, 5.74) is 1.80. The molecule has 2 aromatic heterocycles. The molecule has 29 heavy (non-hydrogen) atoms. The monoisotopic (exact) mass is 402 g/mol. The molecule has 146 valence electrons. The van der Waals surface area contributed by atoms with Gasteiger partial charge in [0.05, 0.1) is 6.04 Å². The number of thioether (sulfide) groups is 1. The van der Waals surface area contributed by atoms with Gasteiger partial charge in [0.1, 0.15) is 0 Å². The van der Waals surface area contributed by atoms with Gasteiger partial charge in [0.15, 0.2) is 11.5 Å². The number of hydrogen-bond donors (Lipinski definition) is 1. The molecule has 0 bridgehead atoms. The van der Waals surface area contributed by atoms with Crippen molar-refractivity contribution < 1.29 is 4.79 Å². The van der Waals surface area contributed by atoms with Crippen LogP contribution in [-0.4, -0.2) is 32.5 Å². The zero-order chi connectivity index (χ0) is 20.1. The molecule has 0 aliphatic carbocycles. The highest BCUT2D eigenvalue weighted by atomic mass is 32.2. The summed E-state index contributed by atoms with van der Waals surface area (Å²) in [5.74, 6) is 1.53. The topological polar surface area (TPSA) is 59.3 Å². The van der Waals surface area contributed by atoms with Crippen LogP contribution in [0.5, 0.6) is 0 Å². The van der Waals surface area contributed by atoms with Gasteiger partial charge in [-0.1, -0.05) is 48.5 Å². The minimum absolute atomic E-state index is 0.142. The average molecular weight is 403 g/mol. The molecule has 0 aliphatic rings. The van der Waals surface area contributed by atoms with E-state index in [0.29, 0.717) is 0 Å². The Hall–Kier alpha value is -3.12. The predicted molar refractivity (Wildman–Crippen MR) is 120 cm³/mol. The predicted octanol–water partition coefficient (Wildman–Crippen LogP) is 4.51. The maximum atomic E-state index is 12.7. The highest BCUT2D eigenvalue weighted by molar-refractivity contribution is 7.98. The Balaban J connectivity index is 1.56. The van der Waals surface area contributed by atoms with Crippen LogP contribution in [0.25, 0.3) is 22.5 Å². The number of hydrogen-bond acceptors (Lipinski definition) is 4. The Kier molecular flexibility index (Phi) is 5.91. The number of rotatable bonds is 7. The summed E-state index contributed by atoms with van der Waals surface area (Å²) in [6, 6.07) is 19.8. The van der Waals surface area contributed by atoms with Crippen molar-refractivity contribution in [2.45, 2.75) is 12.5 Å². The molecule has 5 nitrogen and oxygen atoms in total.